The summed E-state index contributed by atoms with van der Waals surface area (Å²) in [5, 5.41) is 20.3. The summed E-state index contributed by atoms with van der Waals surface area (Å²) in [6.45, 7) is 1.64. The summed E-state index contributed by atoms with van der Waals surface area (Å²) in [5.74, 6) is 0.733. The van der Waals surface area contributed by atoms with Gasteiger partial charge in [-0.3, -0.25) is 9.69 Å². The van der Waals surface area contributed by atoms with Crippen molar-refractivity contribution < 1.29 is 24.5 Å². The Morgan fingerprint density at radius 2 is 1.29 bits per heavy atom. The Kier molecular flexibility index (Phi) is 6.99. The van der Waals surface area contributed by atoms with E-state index >= 15 is 0 Å². The summed E-state index contributed by atoms with van der Waals surface area (Å²) in [6.07, 6.45) is 3.61. The van der Waals surface area contributed by atoms with Gasteiger partial charge in [-0.15, -0.1) is 0 Å². The molecule has 0 radical (unpaired) electrons. The van der Waals surface area contributed by atoms with Crippen molar-refractivity contribution in [2.45, 2.75) is 6.54 Å². The van der Waals surface area contributed by atoms with Crippen LogP contribution in [0.2, 0.25) is 0 Å². The number of aromatic hydroxyl groups is 2. The van der Waals surface area contributed by atoms with E-state index in [0.29, 0.717) is 53.4 Å². The average Bonchev–Trinajstić information content (AvgIpc) is 2.83. The number of ether oxygens (including phenoxy) is 2. The van der Waals surface area contributed by atoms with E-state index < -0.39 is 0 Å². The van der Waals surface area contributed by atoms with Gasteiger partial charge in [0.05, 0.1) is 14.2 Å². The molecule has 0 aromatic heterocycles. The van der Waals surface area contributed by atoms with Gasteiger partial charge in [0.25, 0.3) is 0 Å². The van der Waals surface area contributed by atoms with E-state index in [-0.39, 0.29) is 17.3 Å². The summed E-state index contributed by atoms with van der Waals surface area (Å²) in [7, 11) is 2.99. The minimum absolute atomic E-state index is 0.0192. The van der Waals surface area contributed by atoms with Gasteiger partial charge in [0.1, 0.15) is 0 Å². The minimum Gasteiger partial charge on any atom is -0.504 e. The zero-order valence-electron chi connectivity index (χ0n) is 19.2. The molecule has 1 aliphatic heterocycles. The number of phenolic OH excluding ortho intramolecular Hbond substituents is 2. The zero-order valence-corrected chi connectivity index (χ0v) is 19.2. The molecule has 0 spiro atoms. The van der Waals surface area contributed by atoms with Crippen molar-refractivity contribution in [3.8, 4) is 23.0 Å². The maximum absolute atomic E-state index is 13.4. The highest BCUT2D eigenvalue weighted by Crippen LogP contribution is 2.30. The number of methoxy groups -OCH3 is 2. The lowest BCUT2D eigenvalue weighted by molar-refractivity contribution is -0.113. The standard InChI is InChI=1S/C28H27NO5/c1-33-26-10-8-20(14-24(26)30)12-22-17-29(16-19-6-4-3-5-7-19)18-23(28(22)32)13-21-9-11-27(34-2)25(31)15-21/h3-15,30-31H,16-18H2,1-2H3/b22-12+,23-13+. The quantitative estimate of drug-likeness (QED) is 0.524. The lowest BCUT2D eigenvalue weighted by Gasteiger charge is -2.30. The van der Waals surface area contributed by atoms with Crippen LogP contribution in [0.5, 0.6) is 23.0 Å². The molecule has 1 aliphatic rings. The summed E-state index contributed by atoms with van der Waals surface area (Å²) < 4.78 is 10.2. The summed E-state index contributed by atoms with van der Waals surface area (Å²) in [6, 6.07) is 20.2. The van der Waals surface area contributed by atoms with E-state index in [1.54, 1.807) is 48.6 Å². The summed E-state index contributed by atoms with van der Waals surface area (Å²) >= 11 is 0. The molecule has 3 aromatic rings. The van der Waals surface area contributed by atoms with Crippen LogP contribution >= 0.6 is 0 Å². The van der Waals surface area contributed by atoms with Crippen LogP contribution in [-0.2, 0) is 11.3 Å². The van der Waals surface area contributed by atoms with Gasteiger partial charge in [-0.1, -0.05) is 42.5 Å². The normalized spacial score (nSPS) is 16.7. The van der Waals surface area contributed by atoms with Crippen molar-refractivity contribution in [2.24, 2.45) is 0 Å². The molecule has 6 nitrogen and oxygen atoms in total. The number of piperidine rings is 1. The number of nitrogens with zero attached hydrogens (tertiary/aromatic N) is 1. The molecule has 6 heteroatoms. The SMILES string of the molecule is COc1ccc(/C=C2\CN(Cc3ccccc3)C/C(=C\c3ccc(OC)c(O)c3)C2=O)cc1O. The lowest BCUT2D eigenvalue weighted by atomic mass is 9.93. The highest BCUT2D eigenvalue weighted by Gasteiger charge is 2.26. The van der Waals surface area contributed by atoms with Crippen molar-refractivity contribution in [2.75, 3.05) is 27.3 Å². The molecule has 1 heterocycles. The highest BCUT2D eigenvalue weighted by atomic mass is 16.5. The minimum atomic E-state index is -0.0603. The number of phenols is 2. The molecule has 0 saturated carbocycles. The first kappa shape index (κ1) is 23.1. The first-order valence-electron chi connectivity index (χ1n) is 10.9. The highest BCUT2D eigenvalue weighted by molar-refractivity contribution is 6.14. The van der Waals surface area contributed by atoms with Crippen LogP contribution in [-0.4, -0.2) is 48.2 Å². The second-order valence-electron chi connectivity index (χ2n) is 8.16. The smallest absolute Gasteiger partial charge is 0.187 e. The molecule has 174 valence electrons. The van der Waals surface area contributed by atoms with E-state index in [1.807, 2.05) is 18.2 Å². The molecule has 3 aromatic carbocycles. The monoisotopic (exact) mass is 457 g/mol. The fraction of sp³-hybridized carbons (Fsp3) is 0.179. The van der Waals surface area contributed by atoms with Gasteiger partial charge < -0.3 is 19.7 Å². The molecular formula is C28H27NO5. The van der Waals surface area contributed by atoms with Crippen LogP contribution in [0.3, 0.4) is 0 Å². The van der Waals surface area contributed by atoms with Gasteiger partial charge in [0, 0.05) is 30.8 Å². The van der Waals surface area contributed by atoms with Crippen molar-refractivity contribution in [1.29, 1.82) is 0 Å². The Bertz CT molecular complexity index is 1170. The van der Waals surface area contributed by atoms with Gasteiger partial charge >= 0.3 is 0 Å². The van der Waals surface area contributed by atoms with Crippen molar-refractivity contribution in [3.63, 3.8) is 0 Å². The van der Waals surface area contributed by atoms with E-state index in [4.69, 9.17) is 9.47 Å². The number of carbonyl (C=O) groups is 1. The van der Waals surface area contributed by atoms with E-state index in [0.717, 1.165) is 5.56 Å². The van der Waals surface area contributed by atoms with Crippen molar-refractivity contribution in [3.05, 3.63) is 94.6 Å². The molecule has 0 amide bonds. The Labute approximate surface area is 199 Å². The number of Topliss-reactive ketones (excluding diaryl/α,β-unsaturated/α-hetero) is 1. The predicted octanol–water partition coefficient (Wildman–Crippen LogP) is 4.67. The number of carbonyl (C=O) groups excluding carboxylic acids is 1. The van der Waals surface area contributed by atoms with Crippen LogP contribution < -0.4 is 9.47 Å². The Morgan fingerprint density at radius 3 is 1.74 bits per heavy atom. The molecule has 1 fully saturated rings. The fourth-order valence-corrected chi connectivity index (χ4v) is 4.06. The number of likely N-dealkylation sites (tertiary alicyclic amines) is 1. The third kappa shape index (κ3) is 5.30. The third-order valence-corrected chi connectivity index (χ3v) is 5.71. The van der Waals surface area contributed by atoms with E-state index in [9.17, 15) is 15.0 Å². The first-order chi connectivity index (χ1) is 16.5. The number of ketones is 1. The Balaban J connectivity index is 1.69. The second kappa shape index (κ2) is 10.3. The molecule has 0 atom stereocenters. The summed E-state index contributed by atoms with van der Waals surface area (Å²) in [4.78, 5) is 15.6. The zero-order chi connectivity index (χ0) is 24.1. The Hall–Kier alpha value is -4.03. The lowest BCUT2D eigenvalue weighted by Crippen LogP contribution is -2.37. The van der Waals surface area contributed by atoms with E-state index in [1.165, 1.54) is 14.2 Å². The maximum Gasteiger partial charge on any atom is 0.187 e. The number of rotatable bonds is 6. The molecular weight excluding hydrogens is 430 g/mol. The average molecular weight is 458 g/mol. The summed E-state index contributed by atoms with van der Waals surface area (Å²) in [5.41, 5.74) is 3.82. The van der Waals surface area contributed by atoms with Gasteiger partial charge in [-0.2, -0.15) is 0 Å². The maximum atomic E-state index is 13.4. The van der Waals surface area contributed by atoms with Gasteiger partial charge in [-0.05, 0) is 53.1 Å². The van der Waals surface area contributed by atoms with Crippen LogP contribution in [0.1, 0.15) is 16.7 Å². The molecule has 0 aliphatic carbocycles. The molecule has 0 unspecified atom stereocenters. The van der Waals surface area contributed by atoms with Crippen LogP contribution in [0.4, 0.5) is 0 Å². The molecule has 2 N–H and O–H groups in total. The second-order valence-corrected chi connectivity index (χ2v) is 8.16. The largest absolute Gasteiger partial charge is 0.504 e. The number of hydrogen-bond donors (Lipinski definition) is 2. The number of benzene rings is 3. The third-order valence-electron chi connectivity index (χ3n) is 5.71. The molecule has 4 rings (SSSR count). The van der Waals surface area contributed by atoms with Crippen LogP contribution in [0, 0.1) is 0 Å². The van der Waals surface area contributed by atoms with Crippen LogP contribution in [0.15, 0.2) is 77.9 Å². The van der Waals surface area contributed by atoms with Gasteiger partial charge in [0.15, 0.2) is 28.8 Å². The predicted molar refractivity (Wildman–Crippen MR) is 132 cm³/mol. The fourth-order valence-electron chi connectivity index (χ4n) is 4.06. The van der Waals surface area contributed by atoms with Gasteiger partial charge in [0.2, 0.25) is 0 Å². The van der Waals surface area contributed by atoms with Crippen LogP contribution in [0.25, 0.3) is 12.2 Å². The topological polar surface area (TPSA) is 79.2 Å². The molecule has 0 bridgehead atoms. The van der Waals surface area contributed by atoms with E-state index in [2.05, 4.69) is 17.0 Å². The first-order valence-corrected chi connectivity index (χ1v) is 10.9. The molecule has 34 heavy (non-hydrogen) atoms. The van der Waals surface area contributed by atoms with Crippen molar-refractivity contribution in [1.82, 2.24) is 4.90 Å². The Morgan fingerprint density at radius 1 is 0.794 bits per heavy atom. The van der Waals surface area contributed by atoms with Crippen molar-refractivity contribution >= 4 is 17.9 Å². The number of hydrogen-bond acceptors (Lipinski definition) is 6. The van der Waals surface area contributed by atoms with Gasteiger partial charge in [-0.25, -0.2) is 0 Å². The molecule has 1 saturated heterocycles.